The minimum Gasteiger partial charge on any atom is -0.480 e. The number of carbonyl (C=O) groups is 3. The van der Waals surface area contributed by atoms with Gasteiger partial charge in [-0.3, -0.25) is 9.59 Å². The van der Waals surface area contributed by atoms with Crippen molar-refractivity contribution in [1.29, 1.82) is 0 Å². The molecule has 7 nitrogen and oxygen atoms in total. The molecule has 1 N–H and O–H groups in total. The van der Waals surface area contributed by atoms with Gasteiger partial charge in [-0.25, -0.2) is 4.79 Å². The molecule has 0 saturated heterocycles. The van der Waals surface area contributed by atoms with Crippen LogP contribution in [0.2, 0.25) is 0 Å². The maximum Gasteiger partial charge on any atom is 0.329 e. The van der Waals surface area contributed by atoms with Gasteiger partial charge in [-0.2, -0.15) is 0 Å². The summed E-state index contributed by atoms with van der Waals surface area (Å²) in [5, 5.41) is 8.27. The monoisotopic (exact) mass is 232 g/mol. The molecule has 0 spiro atoms. The molecular weight excluding hydrogens is 216 g/mol. The summed E-state index contributed by atoms with van der Waals surface area (Å²) in [7, 11) is 4.62. The molecule has 0 saturated carbocycles. The second-order valence-electron chi connectivity index (χ2n) is 3.42. The van der Waals surface area contributed by atoms with Crippen LogP contribution in [-0.4, -0.2) is 73.6 Å². The SMILES string of the molecule is CN(C)C(=O)CN(C)C(=O)COCC(=O)O. The van der Waals surface area contributed by atoms with E-state index >= 15 is 0 Å². The van der Waals surface area contributed by atoms with Gasteiger partial charge in [0.25, 0.3) is 0 Å². The lowest BCUT2D eigenvalue weighted by Crippen LogP contribution is -2.39. The predicted octanol–water partition coefficient (Wildman–Crippen LogP) is -1.37. The highest BCUT2D eigenvalue weighted by atomic mass is 16.5. The Morgan fingerprint density at radius 1 is 1.06 bits per heavy atom. The van der Waals surface area contributed by atoms with Crippen LogP contribution in [0, 0.1) is 0 Å². The number of hydrogen-bond acceptors (Lipinski definition) is 4. The van der Waals surface area contributed by atoms with Crippen molar-refractivity contribution in [3.63, 3.8) is 0 Å². The van der Waals surface area contributed by atoms with Gasteiger partial charge in [-0.15, -0.1) is 0 Å². The van der Waals surface area contributed by atoms with Gasteiger partial charge in [-0.1, -0.05) is 0 Å². The zero-order valence-electron chi connectivity index (χ0n) is 9.60. The lowest BCUT2D eigenvalue weighted by atomic mass is 10.4. The Labute approximate surface area is 93.6 Å². The van der Waals surface area contributed by atoms with Crippen LogP contribution in [0.1, 0.15) is 0 Å². The molecule has 0 fully saturated rings. The predicted molar refractivity (Wildman–Crippen MR) is 54.8 cm³/mol. The van der Waals surface area contributed by atoms with Gasteiger partial charge in [0.05, 0.1) is 6.54 Å². The third-order valence-electron chi connectivity index (χ3n) is 1.75. The lowest BCUT2D eigenvalue weighted by Gasteiger charge is -2.18. The Bertz CT molecular complexity index is 277. The van der Waals surface area contributed by atoms with E-state index in [9.17, 15) is 14.4 Å². The number of carboxylic acids is 1. The molecule has 0 aromatic heterocycles. The molecule has 0 heterocycles. The zero-order chi connectivity index (χ0) is 12.7. The van der Waals surface area contributed by atoms with Crippen LogP contribution in [0.5, 0.6) is 0 Å². The summed E-state index contributed by atoms with van der Waals surface area (Å²) >= 11 is 0. The molecule has 0 unspecified atom stereocenters. The van der Waals surface area contributed by atoms with Gasteiger partial charge < -0.3 is 19.6 Å². The third kappa shape index (κ3) is 5.97. The topological polar surface area (TPSA) is 87.2 Å². The molecule has 0 bridgehead atoms. The average molecular weight is 232 g/mol. The van der Waals surface area contributed by atoms with Crippen LogP contribution in [0.3, 0.4) is 0 Å². The smallest absolute Gasteiger partial charge is 0.329 e. The van der Waals surface area contributed by atoms with E-state index in [1.54, 1.807) is 14.1 Å². The fraction of sp³-hybridized carbons (Fsp3) is 0.667. The number of likely N-dealkylation sites (N-methyl/N-ethyl adjacent to an activating group) is 2. The number of carboxylic acid groups (broad SMARTS) is 1. The molecule has 0 aliphatic carbocycles. The van der Waals surface area contributed by atoms with Gasteiger partial charge in [0.2, 0.25) is 11.8 Å². The summed E-state index contributed by atoms with van der Waals surface area (Å²) < 4.78 is 4.60. The summed E-state index contributed by atoms with van der Waals surface area (Å²) in [5.74, 6) is -1.79. The van der Waals surface area contributed by atoms with E-state index < -0.39 is 18.5 Å². The van der Waals surface area contributed by atoms with Gasteiger partial charge in [0, 0.05) is 21.1 Å². The van der Waals surface area contributed by atoms with Gasteiger partial charge in [-0.05, 0) is 0 Å². The molecule has 0 aromatic rings. The van der Waals surface area contributed by atoms with E-state index in [0.29, 0.717) is 0 Å². The Kier molecular flexibility index (Phi) is 6.09. The molecule has 16 heavy (non-hydrogen) atoms. The average Bonchev–Trinajstić information content (AvgIpc) is 2.16. The minimum atomic E-state index is -1.14. The second kappa shape index (κ2) is 6.78. The van der Waals surface area contributed by atoms with Gasteiger partial charge in [0.15, 0.2) is 0 Å². The second-order valence-corrected chi connectivity index (χ2v) is 3.42. The number of hydrogen-bond donors (Lipinski definition) is 1. The van der Waals surface area contributed by atoms with Crippen molar-refractivity contribution < 1.29 is 24.2 Å². The van der Waals surface area contributed by atoms with Crippen LogP contribution >= 0.6 is 0 Å². The van der Waals surface area contributed by atoms with E-state index in [1.807, 2.05) is 0 Å². The summed E-state index contributed by atoms with van der Waals surface area (Å²) in [6.45, 7) is -0.924. The first-order valence-electron chi connectivity index (χ1n) is 4.58. The first kappa shape index (κ1) is 14.4. The summed E-state index contributed by atoms with van der Waals surface area (Å²) in [4.78, 5) is 35.2. The molecule has 7 heteroatoms. The van der Waals surface area contributed by atoms with Crippen molar-refractivity contribution in [2.75, 3.05) is 40.9 Å². The van der Waals surface area contributed by atoms with Crippen LogP contribution < -0.4 is 0 Å². The molecule has 92 valence electrons. The number of rotatable bonds is 6. The highest BCUT2D eigenvalue weighted by Crippen LogP contribution is 1.89. The minimum absolute atomic E-state index is 0.0533. The zero-order valence-corrected chi connectivity index (χ0v) is 9.60. The number of nitrogens with zero attached hydrogens (tertiary/aromatic N) is 2. The summed E-state index contributed by atoms with van der Waals surface area (Å²) in [5.41, 5.74) is 0. The molecule has 0 atom stereocenters. The largest absolute Gasteiger partial charge is 0.480 e. The molecule has 0 rings (SSSR count). The molecule has 0 aliphatic heterocycles. The van der Waals surface area contributed by atoms with E-state index in [-0.39, 0.29) is 19.1 Å². The lowest BCUT2D eigenvalue weighted by molar-refractivity contribution is -0.147. The Morgan fingerprint density at radius 3 is 2.06 bits per heavy atom. The standard InChI is InChI=1S/C9H16N2O5/c1-10(2)7(12)4-11(3)8(13)5-16-6-9(14)15/h4-6H2,1-3H3,(H,14,15). The van der Waals surface area contributed by atoms with Crippen molar-refractivity contribution in [3.8, 4) is 0 Å². The van der Waals surface area contributed by atoms with E-state index in [2.05, 4.69) is 4.74 Å². The summed E-state index contributed by atoms with van der Waals surface area (Å²) in [6.07, 6.45) is 0. The van der Waals surface area contributed by atoms with E-state index in [1.165, 1.54) is 16.8 Å². The van der Waals surface area contributed by atoms with Gasteiger partial charge in [0.1, 0.15) is 13.2 Å². The summed E-state index contributed by atoms with van der Waals surface area (Å²) in [6, 6.07) is 0. The fourth-order valence-corrected chi connectivity index (χ4v) is 0.768. The Morgan fingerprint density at radius 2 is 1.62 bits per heavy atom. The molecule has 2 amide bonds. The van der Waals surface area contributed by atoms with Crippen LogP contribution in [0.15, 0.2) is 0 Å². The molecular formula is C9H16N2O5. The third-order valence-corrected chi connectivity index (χ3v) is 1.75. The number of amides is 2. The van der Waals surface area contributed by atoms with E-state index in [0.717, 1.165) is 0 Å². The highest BCUT2D eigenvalue weighted by molar-refractivity contribution is 5.85. The van der Waals surface area contributed by atoms with Crippen molar-refractivity contribution in [3.05, 3.63) is 0 Å². The van der Waals surface area contributed by atoms with Crippen molar-refractivity contribution in [2.45, 2.75) is 0 Å². The first-order chi connectivity index (χ1) is 7.34. The van der Waals surface area contributed by atoms with E-state index in [4.69, 9.17) is 5.11 Å². The van der Waals surface area contributed by atoms with Crippen LogP contribution in [0.25, 0.3) is 0 Å². The first-order valence-corrected chi connectivity index (χ1v) is 4.58. The van der Waals surface area contributed by atoms with Gasteiger partial charge >= 0.3 is 5.97 Å². The normalized spacial score (nSPS) is 9.69. The number of ether oxygens (including phenoxy) is 1. The van der Waals surface area contributed by atoms with Crippen molar-refractivity contribution >= 4 is 17.8 Å². The Balaban J connectivity index is 3.90. The van der Waals surface area contributed by atoms with Crippen LogP contribution in [0.4, 0.5) is 0 Å². The maximum absolute atomic E-state index is 11.3. The van der Waals surface area contributed by atoms with Crippen molar-refractivity contribution in [1.82, 2.24) is 9.80 Å². The molecule has 0 aliphatic rings. The highest BCUT2D eigenvalue weighted by Gasteiger charge is 2.14. The molecule has 0 radical (unpaired) electrons. The Hall–Kier alpha value is -1.63. The molecule has 0 aromatic carbocycles. The van der Waals surface area contributed by atoms with Crippen molar-refractivity contribution in [2.24, 2.45) is 0 Å². The quantitative estimate of drug-likeness (QED) is 0.610. The fourth-order valence-electron chi connectivity index (χ4n) is 0.768. The van der Waals surface area contributed by atoms with Crippen LogP contribution in [-0.2, 0) is 19.1 Å². The number of carbonyl (C=O) groups excluding carboxylic acids is 2. The maximum atomic E-state index is 11.3. The number of aliphatic carboxylic acids is 1.